The summed E-state index contributed by atoms with van der Waals surface area (Å²) in [5, 5.41) is 11.6. The lowest BCUT2D eigenvalue weighted by Crippen LogP contribution is -2.19. The van der Waals surface area contributed by atoms with E-state index in [1.165, 1.54) is 12.1 Å². The van der Waals surface area contributed by atoms with Crippen LogP contribution in [0.5, 0.6) is 5.75 Å². The van der Waals surface area contributed by atoms with Gasteiger partial charge >= 0.3 is 0 Å². The van der Waals surface area contributed by atoms with Crippen LogP contribution in [0.2, 0.25) is 0 Å². The fourth-order valence-electron chi connectivity index (χ4n) is 4.55. The van der Waals surface area contributed by atoms with Gasteiger partial charge in [-0.25, -0.2) is 4.39 Å². The number of rotatable bonds is 7. The van der Waals surface area contributed by atoms with E-state index in [1.54, 1.807) is 17.9 Å². The first-order valence-corrected chi connectivity index (χ1v) is 11.1. The number of fused-ring (bicyclic) bond motifs is 1. The molecular weight excluding hydrogens is 411 g/mol. The first kappa shape index (κ1) is 22.0. The molecule has 8 heteroatoms. The highest BCUT2D eigenvalue weighted by Crippen LogP contribution is 2.31. The van der Waals surface area contributed by atoms with Crippen molar-refractivity contribution in [3.05, 3.63) is 58.0 Å². The van der Waals surface area contributed by atoms with E-state index >= 15 is 0 Å². The highest BCUT2D eigenvalue weighted by molar-refractivity contribution is 6.04. The molecule has 1 unspecified atom stereocenters. The minimum absolute atomic E-state index is 0.291. The van der Waals surface area contributed by atoms with E-state index in [0.29, 0.717) is 40.9 Å². The summed E-state index contributed by atoms with van der Waals surface area (Å²) in [7, 11) is 1.55. The average molecular weight is 441 g/mol. The van der Waals surface area contributed by atoms with Crippen LogP contribution in [0.3, 0.4) is 0 Å². The molecule has 0 saturated carbocycles. The predicted molar refractivity (Wildman–Crippen MR) is 119 cm³/mol. The molecule has 1 atom stereocenters. The normalized spacial score (nSPS) is 15.5. The van der Waals surface area contributed by atoms with E-state index in [9.17, 15) is 9.18 Å². The van der Waals surface area contributed by atoms with Gasteiger partial charge in [0.25, 0.3) is 5.91 Å². The Balaban J connectivity index is 1.56. The number of hydrogen-bond acceptors (Lipinski definition) is 5. The first-order valence-electron chi connectivity index (χ1n) is 11.1. The summed E-state index contributed by atoms with van der Waals surface area (Å²) in [6, 6.07) is 4.39. The van der Waals surface area contributed by atoms with Gasteiger partial charge in [-0.3, -0.25) is 9.48 Å². The number of nitrogens with one attached hydrogen (secondary N) is 1. The summed E-state index contributed by atoms with van der Waals surface area (Å²) in [5.41, 5.74) is 4.03. The SMILES string of the molecule is CCCC1CCc2onc(C(=O)Nc3c(C)nn(Cc4cc(F)ccc4OC)c3C)c2C1. The van der Waals surface area contributed by atoms with Crippen molar-refractivity contribution in [2.24, 2.45) is 5.92 Å². The van der Waals surface area contributed by atoms with Crippen molar-refractivity contribution < 1.29 is 18.4 Å². The van der Waals surface area contributed by atoms with Crippen LogP contribution < -0.4 is 10.1 Å². The minimum atomic E-state index is -0.340. The van der Waals surface area contributed by atoms with E-state index in [1.807, 2.05) is 13.8 Å². The number of amides is 1. The third-order valence-electron chi connectivity index (χ3n) is 6.24. The third-order valence-corrected chi connectivity index (χ3v) is 6.24. The van der Waals surface area contributed by atoms with Gasteiger partial charge in [0.1, 0.15) is 17.3 Å². The molecule has 0 fully saturated rings. The number of carbonyl (C=O) groups excluding carboxylic acids is 1. The number of methoxy groups -OCH3 is 1. The van der Waals surface area contributed by atoms with Gasteiger partial charge in [0.15, 0.2) is 5.69 Å². The Morgan fingerprint density at radius 3 is 2.94 bits per heavy atom. The molecule has 2 aromatic heterocycles. The maximum atomic E-state index is 13.8. The molecule has 4 rings (SSSR count). The molecule has 1 aliphatic rings. The summed E-state index contributed by atoms with van der Waals surface area (Å²) in [4.78, 5) is 13.1. The zero-order valence-corrected chi connectivity index (χ0v) is 19.0. The quantitative estimate of drug-likeness (QED) is 0.568. The van der Waals surface area contributed by atoms with Crippen molar-refractivity contribution in [3.8, 4) is 5.75 Å². The molecule has 1 aromatic carbocycles. The Morgan fingerprint density at radius 2 is 2.19 bits per heavy atom. The van der Waals surface area contributed by atoms with Gasteiger partial charge in [-0.2, -0.15) is 5.10 Å². The average Bonchev–Trinajstić information content (AvgIpc) is 3.30. The number of halogens is 1. The van der Waals surface area contributed by atoms with Crippen LogP contribution in [-0.4, -0.2) is 28.0 Å². The Kier molecular flexibility index (Phi) is 6.30. The summed E-state index contributed by atoms with van der Waals surface area (Å²) >= 11 is 0. The van der Waals surface area contributed by atoms with Gasteiger partial charge in [-0.05, 0) is 50.8 Å². The van der Waals surface area contributed by atoms with Crippen LogP contribution >= 0.6 is 0 Å². The zero-order chi connectivity index (χ0) is 22.8. The fraction of sp³-hybridized carbons (Fsp3) is 0.458. The molecular formula is C24H29FN4O3. The van der Waals surface area contributed by atoms with Crippen LogP contribution in [0.4, 0.5) is 10.1 Å². The molecule has 0 spiro atoms. The lowest BCUT2D eigenvalue weighted by atomic mass is 9.84. The molecule has 7 nitrogen and oxygen atoms in total. The molecule has 0 aliphatic heterocycles. The highest BCUT2D eigenvalue weighted by Gasteiger charge is 2.29. The lowest BCUT2D eigenvalue weighted by molar-refractivity contribution is 0.101. The monoisotopic (exact) mass is 440 g/mol. The second-order valence-corrected chi connectivity index (χ2v) is 8.44. The van der Waals surface area contributed by atoms with Gasteiger partial charge in [-0.15, -0.1) is 0 Å². The number of anilines is 1. The van der Waals surface area contributed by atoms with Crippen molar-refractivity contribution >= 4 is 11.6 Å². The van der Waals surface area contributed by atoms with Crippen LogP contribution in [-0.2, 0) is 19.4 Å². The lowest BCUT2D eigenvalue weighted by Gasteiger charge is -2.20. The van der Waals surface area contributed by atoms with Crippen molar-refractivity contribution in [2.75, 3.05) is 12.4 Å². The van der Waals surface area contributed by atoms with E-state index in [4.69, 9.17) is 9.26 Å². The number of ether oxygens (including phenoxy) is 1. The van der Waals surface area contributed by atoms with E-state index in [2.05, 4.69) is 22.5 Å². The van der Waals surface area contributed by atoms with Crippen molar-refractivity contribution in [3.63, 3.8) is 0 Å². The second kappa shape index (κ2) is 9.14. The molecule has 1 N–H and O–H groups in total. The maximum Gasteiger partial charge on any atom is 0.278 e. The van der Waals surface area contributed by atoms with Gasteiger partial charge in [0.2, 0.25) is 0 Å². The molecule has 1 aliphatic carbocycles. The van der Waals surface area contributed by atoms with E-state index in [0.717, 1.165) is 49.1 Å². The predicted octanol–water partition coefficient (Wildman–Crippen LogP) is 4.84. The van der Waals surface area contributed by atoms with E-state index in [-0.39, 0.29) is 11.7 Å². The van der Waals surface area contributed by atoms with Gasteiger partial charge < -0.3 is 14.6 Å². The molecule has 0 bridgehead atoms. The molecule has 32 heavy (non-hydrogen) atoms. The Hall–Kier alpha value is -3.16. The Morgan fingerprint density at radius 1 is 1.38 bits per heavy atom. The summed E-state index contributed by atoms with van der Waals surface area (Å²) in [6.07, 6.45) is 4.99. The Labute approximate surface area is 186 Å². The van der Waals surface area contributed by atoms with Crippen LogP contribution in [0.1, 0.15) is 64.9 Å². The van der Waals surface area contributed by atoms with Gasteiger partial charge in [-0.1, -0.05) is 24.9 Å². The standard InChI is InChI=1S/C24H29FN4O3/c1-5-6-16-7-9-21-19(11-16)23(28-32-21)24(30)26-22-14(2)27-29(15(22)3)13-17-12-18(25)8-10-20(17)31-4/h8,10,12,16H,5-7,9,11,13H2,1-4H3,(H,26,30). The number of nitrogens with zero attached hydrogens (tertiary/aromatic N) is 3. The number of carbonyl (C=O) groups is 1. The maximum absolute atomic E-state index is 13.8. The minimum Gasteiger partial charge on any atom is -0.496 e. The topological polar surface area (TPSA) is 82.2 Å². The van der Waals surface area contributed by atoms with Crippen molar-refractivity contribution in [2.45, 2.75) is 59.4 Å². The third kappa shape index (κ3) is 4.26. The summed E-state index contributed by atoms with van der Waals surface area (Å²) < 4.78 is 26.3. The highest BCUT2D eigenvalue weighted by atomic mass is 19.1. The summed E-state index contributed by atoms with van der Waals surface area (Å²) in [5.74, 6) is 1.34. The molecule has 0 radical (unpaired) electrons. The van der Waals surface area contributed by atoms with Crippen molar-refractivity contribution in [1.82, 2.24) is 14.9 Å². The molecule has 3 aromatic rings. The smallest absolute Gasteiger partial charge is 0.278 e. The molecule has 0 saturated heterocycles. The zero-order valence-electron chi connectivity index (χ0n) is 19.0. The number of aromatic nitrogens is 3. The van der Waals surface area contributed by atoms with Crippen molar-refractivity contribution in [1.29, 1.82) is 0 Å². The number of benzene rings is 1. The van der Waals surface area contributed by atoms with Gasteiger partial charge in [0.05, 0.1) is 30.7 Å². The Bertz CT molecular complexity index is 1130. The molecule has 170 valence electrons. The number of hydrogen-bond donors (Lipinski definition) is 1. The fourth-order valence-corrected chi connectivity index (χ4v) is 4.55. The molecule has 2 heterocycles. The van der Waals surface area contributed by atoms with Crippen LogP contribution in [0.15, 0.2) is 22.7 Å². The summed E-state index contributed by atoms with van der Waals surface area (Å²) in [6.45, 7) is 6.20. The van der Waals surface area contributed by atoms with Gasteiger partial charge in [0, 0.05) is 17.5 Å². The van der Waals surface area contributed by atoms with Crippen LogP contribution in [0.25, 0.3) is 0 Å². The van der Waals surface area contributed by atoms with Crippen LogP contribution in [0, 0.1) is 25.6 Å². The molecule has 1 amide bonds. The number of aryl methyl sites for hydroxylation is 2. The first-order chi connectivity index (χ1) is 15.4. The largest absolute Gasteiger partial charge is 0.496 e. The second-order valence-electron chi connectivity index (χ2n) is 8.44. The van der Waals surface area contributed by atoms with E-state index < -0.39 is 0 Å².